The van der Waals surface area contributed by atoms with Crippen molar-refractivity contribution in [2.24, 2.45) is 0 Å². The number of carbonyl (C=O) groups is 2. The quantitative estimate of drug-likeness (QED) is 0.486. The summed E-state index contributed by atoms with van der Waals surface area (Å²) in [5, 5.41) is 4.29. The molecule has 0 fully saturated rings. The molecule has 2 aromatic carbocycles. The lowest BCUT2D eigenvalue weighted by Crippen LogP contribution is -2.21. The van der Waals surface area contributed by atoms with Crippen LogP contribution in [-0.2, 0) is 15.8 Å². The summed E-state index contributed by atoms with van der Waals surface area (Å²) in [5.74, 6) is -0.341. The van der Waals surface area contributed by atoms with E-state index in [1.165, 1.54) is 6.07 Å². The number of hydrogen-bond acceptors (Lipinski definition) is 4. The highest BCUT2D eigenvalue weighted by Gasteiger charge is 2.33. The van der Waals surface area contributed by atoms with E-state index in [0.29, 0.717) is 23.3 Å². The molecule has 2 N–H and O–H groups in total. The van der Waals surface area contributed by atoms with Gasteiger partial charge in [0.05, 0.1) is 16.8 Å². The maximum atomic E-state index is 12.9. The van der Waals surface area contributed by atoms with Crippen molar-refractivity contribution in [1.82, 2.24) is 4.98 Å². The molecule has 3 rings (SSSR count). The Balaban J connectivity index is 1.54. The van der Waals surface area contributed by atoms with Crippen molar-refractivity contribution in [3.05, 3.63) is 77.6 Å². The van der Waals surface area contributed by atoms with Crippen molar-refractivity contribution in [2.75, 3.05) is 10.6 Å². The van der Waals surface area contributed by atoms with Gasteiger partial charge in [-0.3, -0.25) is 14.6 Å². The van der Waals surface area contributed by atoms with Gasteiger partial charge in [-0.15, -0.1) is 0 Å². The molecule has 0 radical (unpaired) electrons. The number of benzene rings is 2. The standard InChI is InChI=1S/C21H15ClF3N3O3/c22-18-8-5-14(10-17(18)21(23,24)25)28-20(30)11-19(29)27-13-3-6-15(7-4-13)31-16-2-1-9-26-12-16/h1-10,12H,11H2,(H,27,29)(H,28,30). The first-order valence-corrected chi connectivity index (χ1v) is 9.23. The molecule has 0 spiro atoms. The zero-order chi connectivity index (χ0) is 22.4. The van der Waals surface area contributed by atoms with Gasteiger partial charge in [0, 0.05) is 17.6 Å². The molecule has 10 heteroatoms. The van der Waals surface area contributed by atoms with E-state index in [0.717, 1.165) is 6.07 Å². The van der Waals surface area contributed by atoms with Crippen LogP contribution in [0.3, 0.4) is 0 Å². The van der Waals surface area contributed by atoms with Crippen molar-refractivity contribution < 1.29 is 27.5 Å². The van der Waals surface area contributed by atoms with Gasteiger partial charge in [0.2, 0.25) is 11.8 Å². The highest BCUT2D eigenvalue weighted by atomic mass is 35.5. The number of alkyl halides is 3. The fourth-order valence-electron chi connectivity index (χ4n) is 2.53. The second kappa shape index (κ2) is 9.48. The summed E-state index contributed by atoms with van der Waals surface area (Å²) in [4.78, 5) is 28.0. The van der Waals surface area contributed by atoms with E-state index in [2.05, 4.69) is 15.6 Å². The Labute approximate surface area is 180 Å². The van der Waals surface area contributed by atoms with Crippen LogP contribution in [0.25, 0.3) is 0 Å². The summed E-state index contributed by atoms with van der Waals surface area (Å²) in [7, 11) is 0. The number of amides is 2. The summed E-state index contributed by atoms with van der Waals surface area (Å²) in [6.45, 7) is 0. The summed E-state index contributed by atoms with van der Waals surface area (Å²) < 4.78 is 44.3. The summed E-state index contributed by atoms with van der Waals surface area (Å²) in [6, 6.07) is 12.8. The molecule has 0 atom stereocenters. The summed E-state index contributed by atoms with van der Waals surface area (Å²) >= 11 is 5.54. The number of nitrogens with one attached hydrogen (secondary N) is 2. The van der Waals surface area contributed by atoms with Crippen LogP contribution in [0.2, 0.25) is 5.02 Å². The molecular weight excluding hydrogens is 435 g/mol. The van der Waals surface area contributed by atoms with Gasteiger partial charge < -0.3 is 15.4 Å². The van der Waals surface area contributed by atoms with Gasteiger partial charge in [-0.2, -0.15) is 13.2 Å². The van der Waals surface area contributed by atoms with E-state index in [1.54, 1.807) is 48.8 Å². The minimum Gasteiger partial charge on any atom is -0.456 e. The maximum absolute atomic E-state index is 12.9. The van der Waals surface area contributed by atoms with Crippen molar-refractivity contribution >= 4 is 34.8 Å². The zero-order valence-electron chi connectivity index (χ0n) is 15.7. The summed E-state index contributed by atoms with van der Waals surface area (Å²) in [5.41, 5.74) is -0.779. The predicted molar refractivity (Wildman–Crippen MR) is 109 cm³/mol. The number of pyridine rings is 1. The molecular formula is C21H15ClF3N3O3. The van der Waals surface area contributed by atoms with Crippen molar-refractivity contribution in [3.63, 3.8) is 0 Å². The van der Waals surface area contributed by atoms with Crippen molar-refractivity contribution in [3.8, 4) is 11.5 Å². The third kappa shape index (κ3) is 6.45. The van der Waals surface area contributed by atoms with E-state index >= 15 is 0 Å². The smallest absolute Gasteiger partial charge is 0.417 e. The normalized spacial score (nSPS) is 11.0. The van der Waals surface area contributed by atoms with Gasteiger partial charge in [-0.1, -0.05) is 11.6 Å². The average molecular weight is 450 g/mol. The highest BCUT2D eigenvalue weighted by molar-refractivity contribution is 6.31. The monoisotopic (exact) mass is 449 g/mol. The molecule has 0 saturated carbocycles. The van der Waals surface area contributed by atoms with E-state index in [9.17, 15) is 22.8 Å². The number of nitrogens with zero attached hydrogens (tertiary/aromatic N) is 1. The van der Waals surface area contributed by atoms with Crippen LogP contribution in [0.1, 0.15) is 12.0 Å². The molecule has 2 amide bonds. The number of rotatable bonds is 6. The third-order valence-corrected chi connectivity index (χ3v) is 4.21. The zero-order valence-corrected chi connectivity index (χ0v) is 16.5. The number of hydrogen-bond donors (Lipinski definition) is 2. The molecule has 0 saturated heterocycles. The molecule has 6 nitrogen and oxygen atoms in total. The SMILES string of the molecule is O=C(CC(=O)Nc1ccc(Cl)c(C(F)(F)F)c1)Nc1ccc(Oc2cccnc2)cc1. The minimum atomic E-state index is -4.66. The lowest BCUT2D eigenvalue weighted by molar-refractivity contribution is -0.137. The van der Waals surface area contributed by atoms with E-state index in [1.807, 2.05) is 0 Å². The molecule has 0 unspecified atom stereocenters. The first kappa shape index (κ1) is 22.1. The van der Waals surface area contributed by atoms with E-state index < -0.39 is 35.0 Å². The van der Waals surface area contributed by atoms with Crippen LogP contribution in [0.5, 0.6) is 11.5 Å². The molecule has 1 heterocycles. The van der Waals surface area contributed by atoms with E-state index in [-0.39, 0.29) is 5.69 Å². The first-order chi connectivity index (χ1) is 14.7. The molecule has 3 aromatic rings. The Bertz CT molecular complexity index is 1070. The molecule has 31 heavy (non-hydrogen) atoms. The minimum absolute atomic E-state index is 0.119. The van der Waals surface area contributed by atoms with Crippen LogP contribution >= 0.6 is 11.6 Å². The molecule has 0 aliphatic rings. The maximum Gasteiger partial charge on any atom is 0.417 e. The van der Waals surface area contributed by atoms with Gasteiger partial charge in [0.15, 0.2) is 0 Å². The molecule has 0 bridgehead atoms. The van der Waals surface area contributed by atoms with Crippen molar-refractivity contribution in [2.45, 2.75) is 12.6 Å². The van der Waals surface area contributed by atoms with Gasteiger partial charge >= 0.3 is 6.18 Å². The van der Waals surface area contributed by atoms with Gasteiger partial charge in [0.25, 0.3) is 0 Å². The molecule has 160 valence electrons. The lowest BCUT2D eigenvalue weighted by Gasteiger charge is -2.12. The predicted octanol–water partition coefficient (Wildman–Crippen LogP) is 5.51. The Kier molecular flexibility index (Phi) is 6.76. The highest BCUT2D eigenvalue weighted by Crippen LogP contribution is 2.36. The number of anilines is 2. The van der Waals surface area contributed by atoms with Gasteiger partial charge in [0.1, 0.15) is 17.9 Å². The van der Waals surface area contributed by atoms with E-state index in [4.69, 9.17) is 16.3 Å². The van der Waals surface area contributed by atoms with Crippen LogP contribution in [0, 0.1) is 0 Å². The Morgan fingerprint density at radius 2 is 1.58 bits per heavy atom. The Hall–Kier alpha value is -3.59. The Morgan fingerprint density at radius 3 is 2.19 bits per heavy atom. The molecule has 0 aliphatic heterocycles. The molecule has 0 aliphatic carbocycles. The number of ether oxygens (including phenoxy) is 1. The Morgan fingerprint density at radius 1 is 0.935 bits per heavy atom. The van der Waals surface area contributed by atoms with Crippen LogP contribution in [-0.4, -0.2) is 16.8 Å². The average Bonchev–Trinajstić information content (AvgIpc) is 2.71. The molecule has 1 aromatic heterocycles. The lowest BCUT2D eigenvalue weighted by atomic mass is 10.2. The first-order valence-electron chi connectivity index (χ1n) is 8.85. The van der Waals surface area contributed by atoms with Crippen LogP contribution in [0.4, 0.5) is 24.5 Å². The topological polar surface area (TPSA) is 80.3 Å². The third-order valence-electron chi connectivity index (χ3n) is 3.88. The summed E-state index contributed by atoms with van der Waals surface area (Å²) in [6.07, 6.45) is -2.09. The fourth-order valence-corrected chi connectivity index (χ4v) is 2.75. The number of carbonyl (C=O) groups excluding carboxylic acids is 2. The van der Waals surface area contributed by atoms with Gasteiger partial charge in [-0.25, -0.2) is 0 Å². The fraction of sp³-hybridized carbons (Fsp3) is 0.0952. The van der Waals surface area contributed by atoms with Crippen molar-refractivity contribution in [1.29, 1.82) is 0 Å². The number of aromatic nitrogens is 1. The largest absolute Gasteiger partial charge is 0.456 e. The second-order valence-electron chi connectivity index (χ2n) is 6.28. The van der Waals surface area contributed by atoms with Crippen LogP contribution in [0.15, 0.2) is 67.0 Å². The number of halogens is 4. The van der Waals surface area contributed by atoms with Gasteiger partial charge in [-0.05, 0) is 54.6 Å². The second-order valence-corrected chi connectivity index (χ2v) is 6.69. The van der Waals surface area contributed by atoms with Crippen LogP contribution < -0.4 is 15.4 Å².